The lowest BCUT2D eigenvalue weighted by molar-refractivity contribution is -0.554. The number of nitrogens with one attached hydrogen (secondary N) is 1. The Hall–Kier alpha value is -3.07. The molecule has 1 spiro atoms. The maximum atomic E-state index is 14.1. The van der Waals surface area contributed by atoms with Crippen molar-refractivity contribution >= 4 is 28.8 Å². The second-order valence-corrected chi connectivity index (χ2v) is 7.64. The van der Waals surface area contributed by atoms with E-state index in [1.165, 1.54) is 23.1 Å². The molecule has 5 rings (SSSR count). The zero-order valence-electron chi connectivity index (χ0n) is 14.6. The van der Waals surface area contributed by atoms with E-state index >= 15 is 0 Å². The molecule has 0 bridgehead atoms. The number of thiocarbonyl (C=S) groups is 1. The van der Waals surface area contributed by atoms with Gasteiger partial charge in [-0.25, -0.2) is 4.39 Å². The van der Waals surface area contributed by atoms with Crippen molar-refractivity contribution in [2.45, 2.75) is 17.0 Å². The van der Waals surface area contributed by atoms with Crippen molar-refractivity contribution in [1.29, 1.82) is 0 Å². The highest BCUT2D eigenvalue weighted by atomic mass is 32.1. The fourth-order valence-corrected chi connectivity index (χ4v) is 5.19. The minimum Gasteiger partial charge on any atom is -0.485 e. The van der Waals surface area contributed by atoms with Crippen molar-refractivity contribution in [1.82, 2.24) is 5.32 Å². The van der Waals surface area contributed by atoms with Crippen LogP contribution in [0.4, 0.5) is 10.1 Å². The van der Waals surface area contributed by atoms with Crippen LogP contribution in [0.15, 0.2) is 42.5 Å². The lowest BCUT2D eigenvalue weighted by Crippen LogP contribution is -2.57. The Kier molecular flexibility index (Phi) is 3.20. The minimum absolute atomic E-state index is 0.0872. The lowest BCUT2D eigenvalue weighted by atomic mass is 9.68. The summed E-state index contributed by atoms with van der Waals surface area (Å²) in [6.45, 7) is -0.337. The predicted octanol–water partition coefficient (Wildman–Crippen LogP) is 2.12. The van der Waals surface area contributed by atoms with Crippen LogP contribution < -0.4 is 15.0 Å². The maximum Gasteiger partial charge on any atom is 0.314 e. The van der Waals surface area contributed by atoms with E-state index in [-0.39, 0.29) is 23.1 Å². The number of nitrogens with zero attached hydrogens (tertiary/aromatic N) is 2. The van der Waals surface area contributed by atoms with Gasteiger partial charge in [0.2, 0.25) is 0 Å². The molecule has 28 heavy (non-hydrogen) atoms. The SMILES string of the molecule is CN1C(=O)[C@]2(NC(=S)[C@@]3([N+](=O)[O-])COc4ccc(F)cc4[C@H]32)c2ccccc21. The normalized spacial score (nSPS) is 29.8. The molecule has 142 valence electrons. The zero-order chi connectivity index (χ0) is 19.8. The average Bonchev–Trinajstić information content (AvgIpc) is 3.08. The van der Waals surface area contributed by atoms with Crippen LogP contribution in [0, 0.1) is 15.9 Å². The first-order valence-corrected chi connectivity index (χ1v) is 9.02. The Bertz CT molecular complexity index is 1090. The molecule has 3 aliphatic rings. The van der Waals surface area contributed by atoms with Crippen LogP contribution in [0.1, 0.15) is 17.0 Å². The van der Waals surface area contributed by atoms with E-state index in [2.05, 4.69) is 5.32 Å². The number of hydrogen-bond acceptors (Lipinski definition) is 5. The number of carbonyl (C=O) groups is 1. The summed E-state index contributed by atoms with van der Waals surface area (Å²) in [5, 5.41) is 15.3. The largest absolute Gasteiger partial charge is 0.485 e. The van der Waals surface area contributed by atoms with E-state index in [9.17, 15) is 19.3 Å². The van der Waals surface area contributed by atoms with Gasteiger partial charge in [0.05, 0.1) is 0 Å². The fourth-order valence-electron chi connectivity index (χ4n) is 4.78. The van der Waals surface area contributed by atoms with Crippen LogP contribution in [0.5, 0.6) is 5.75 Å². The molecular formula is C19H14FN3O4S. The predicted molar refractivity (Wildman–Crippen MR) is 102 cm³/mol. The van der Waals surface area contributed by atoms with Gasteiger partial charge in [-0.1, -0.05) is 30.4 Å². The first kappa shape index (κ1) is 17.1. The second-order valence-electron chi connectivity index (χ2n) is 7.23. The van der Waals surface area contributed by atoms with E-state index in [1.807, 2.05) is 0 Å². The average molecular weight is 399 g/mol. The summed E-state index contributed by atoms with van der Waals surface area (Å²) in [6, 6.07) is 10.9. The van der Waals surface area contributed by atoms with Crippen LogP contribution in [-0.2, 0) is 10.3 Å². The van der Waals surface area contributed by atoms with Gasteiger partial charge in [0.15, 0.2) is 17.1 Å². The molecule has 0 aromatic heterocycles. The molecule has 0 unspecified atom stereocenters. The van der Waals surface area contributed by atoms with Gasteiger partial charge in [0.25, 0.3) is 5.91 Å². The molecule has 3 atom stereocenters. The van der Waals surface area contributed by atoms with Gasteiger partial charge >= 0.3 is 5.54 Å². The van der Waals surface area contributed by atoms with Crippen LogP contribution in [0.25, 0.3) is 0 Å². The number of fused-ring (bicyclic) bond motifs is 6. The Morgan fingerprint density at radius 2 is 2.11 bits per heavy atom. The first-order chi connectivity index (χ1) is 13.3. The topological polar surface area (TPSA) is 84.7 Å². The summed E-state index contributed by atoms with van der Waals surface area (Å²) < 4.78 is 19.8. The molecule has 9 heteroatoms. The molecule has 3 heterocycles. The number of hydrogen-bond donors (Lipinski definition) is 1. The molecule has 1 fully saturated rings. The van der Waals surface area contributed by atoms with Crippen LogP contribution in [0.3, 0.4) is 0 Å². The van der Waals surface area contributed by atoms with Gasteiger partial charge in [-0.2, -0.15) is 0 Å². The number of amides is 1. The van der Waals surface area contributed by atoms with E-state index in [0.29, 0.717) is 17.0 Å². The summed E-state index contributed by atoms with van der Waals surface area (Å²) in [5.74, 6) is -1.68. The molecule has 0 aliphatic carbocycles. The highest BCUT2D eigenvalue weighted by Crippen LogP contribution is 2.59. The standard InChI is InChI=1S/C19H14FN3O4S/c1-22-13-5-3-2-4-12(13)19(17(22)24)15-11-8-10(20)6-7-14(11)27-9-18(15,23(25)26)16(28)21-19/h2-8,15H,9H2,1H3,(H,21,28)/t15-,18-,19+/m1/s1. The Balaban J connectivity index is 1.88. The Morgan fingerprint density at radius 3 is 2.86 bits per heavy atom. The summed E-state index contributed by atoms with van der Waals surface area (Å²) in [7, 11) is 1.61. The van der Waals surface area contributed by atoms with E-state index in [1.54, 1.807) is 31.3 Å². The van der Waals surface area contributed by atoms with Crippen molar-refractivity contribution in [3.63, 3.8) is 0 Å². The number of likely N-dealkylation sites (N-methyl/N-ethyl adjacent to an activating group) is 1. The van der Waals surface area contributed by atoms with E-state index in [0.717, 1.165) is 0 Å². The van der Waals surface area contributed by atoms with Crippen LogP contribution >= 0.6 is 12.2 Å². The number of carbonyl (C=O) groups excluding carboxylic acids is 1. The highest BCUT2D eigenvalue weighted by Gasteiger charge is 2.76. The van der Waals surface area contributed by atoms with Gasteiger partial charge in [0, 0.05) is 28.8 Å². The van der Waals surface area contributed by atoms with Crippen LogP contribution in [-0.4, -0.2) is 35.0 Å². The smallest absolute Gasteiger partial charge is 0.314 e. The monoisotopic (exact) mass is 399 g/mol. The Labute approximate surface area is 164 Å². The Morgan fingerprint density at radius 1 is 1.36 bits per heavy atom. The molecular weight excluding hydrogens is 385 g/mol. The maximum absolute atomic E-state index is 14.1. The van der Waals surface area contributed by atoms with Crippen molar-refractivity contribution in [3.05, 3.63) is 69.5 Å². The third-order valence-corrected chi connectivity index (χ3v) is 6.46. The lowest BCUT2D eigenvalue weighted by Gasteiger charge is -2.37. The highest BCUT2D eigenvalue weighted by molar-refractivity contribution is 7.80. The quantitative estimate of drug-likeness (QED) is 0.449. The molecule has 2 aromatic carbocycles. The summed E-state index contributed by atoms with van der Waals surface area (Å²) >= 11 is 5.40. The number of ether oxygens (including phenoxy) is 1. The third kappa shape index (κ3) is 1.73. The summed E-state index contributed by atoms with van der Waals surface area (Å²) in [5.41, 5.74) is -1.90. The molecule has 0 saturated carbocycles. The molecule has 7 nitrogen and oxygen atoms in total. The number of para-hydroxylation sites is 1. The van der Waals surface area contributed by atoms with Crippen molar-refractivity contribution in [2.75, 3.05) is 18.6 Å². The number of halogens is 1. The molecule has 2 aromatic rings. The van der Waals surface area contributed by atoms with Gasteiger partial charge in [0.1, 0.15) is 17.5 Å². The van der Waals surface area contributed by atoms with Crippen molar-refractivity contribution < 1.29 is 18.8 Å². The molecule has 3 aliphatic heterocycles. The number of nitro groups is 1. The van der Waals surface area contributed by atoms with Gasteiger partial charge in [-0.05, 0) is 24.3 Å². The number of anilines is 1. The van der Waals surface area contributed by atoms with Gasteiger partial charge in [-0.3, -0.25) is 14.9 Å². The number of rotatable bonds is 1. The number of benzene rings is 2. The zero-order valence-corrected chi connectivity index (χ0v) is 15.5. The van der Waals surface area contributed by atoms with Crippen molar-refractivity contribution in [2.24, 2.45) is 0 Å². The van der Waals surface area contributed by atoms with Gasteiger partial charge < -0.3 is 15.0 Å². The van der Waals surface area contributed by atoms with E-state index < -0.39 is 27.7 Å². The second kappa shape index (κ2) is 5.26. The fraction of sp³-hybridized carbons (Fsp3) is 0.263. The minimum atomic E-state index is -1.87. The molecule has 1 amide bonds. The van der Waals surface area contributed by atoms with Crippen LogP contribution in [0.2, 0.25) is 0 Å². The van der Waals surface area contributed by atoms with Gasteiger partial charge in [-0.15, -0.1) is 0 Å². The summed E-state index contributed by atoms with van der Waals surface area (Å²) in [4.78, 5) is 26.6. The third-order valence-electron chi connectivity index (χ3n) is 6.00. The van der Waals surface area contributed by atoms with Crippen molar-refractivity contribution in [3.8, 4) is 5.75 Å². The summed E-state index contributed by atoms with van der Waals surface area (Å²) in [6.07, 6.45) is 0. The molecule has 0 radical (unpaired) electrons. The molecule has 1 saturated heterocycles. The molecule has 1 N–H and O–H groups in total. The van der Waals surface area contributed by atoms with E-state index in [4.69, 9.17) is 17.0 Å². The first-order valence-electron chi connectivity index (χ1n) is 8.61.